The molecule has 4 nitrogen and oxygen atoms in total. The number of likely N-dealkylation sites (N-methyl/N-ethyl adjacent to an activating group) is 1. The van der Waals surface area contributed by atoms with Crippen LogP contribution in [0.3, 0.4) is 0 Å². The molecule has 0 saturated heterocycles. The van der Waals surface area contributed by atoms with Gasteiger partial charge in [0.25, 0.3) is 0 Å². The van der Waals surface area contributed by atoms with Gasteiger partial charge >= 0.3 is 0 Å². The number of carbonyl (C=O) groups excluding carboxylic acids is 1. The third kappa shape index (κ3) is 5.66. The summed E-state index contributed by atoms with van der Waals surface area (Å²) in [6.07, 6.45) is 0.491. The highest BCUT2D eigenvalue weighted by Crippen LogP contribution is 2.39. The molecule has 0 aromatic carbocycles. The van der Waals surface area contributed by atoms with Crippen LogP contribution in [0.5, 0.6) is 0 Å². The van der Waals surface area contributed by atoms with Crippen LogP contribution < -0.4 is 0 Å². The Kier molecular flexibility index (Phi) is 5.75. The number of hydrogen-bond acceptors (Lipinski definition) is 3. The maximum atomic E-state index is 11.6. The van der Waals surface area contributed by atoms with Crippen molar-refractivity contribution in [2.75, 3.05) is 34.3 Å². The largest absolute Gasteiger partial charge is 0.396 e. The molecule has 2 unspecified atom stereocenters. The minimum atomic E-state index is -1.59. The Balaban J connectivity index is 4.12. The van der Waals surface area contributed by atoms with Gasteiger partial charge in [-0.2, -0.15) is 0 Å². The fraction of sp³-hybridized carbons (Fsp3) is 0.889. The summed E-state index contributed by atoms with van der Waals surface area (Å²) in [6, 6.07) is 0. The lowest BCUT2D eigenvalue weighted by Crippen LogP contribution is -2.39. The second kappa shape index (κ2) is 5.76. The molecule has 0 aliphatic rings. The Labute approximate surface area is 87.0 Å². The molecule has 0 rings (SSSR count). The third-order valence-electron chi connectivity index (χ3n) is 1.83. The normalized spacial score (nSPS) is 16.4. The zero-order valence-electron chi connectivity index (χ0n) is 9.40. The summed E-state index contributed by atoms with van der Waals surface area (Å²) in [5, 5.41) is 8.68. The summed E-state index contributed by atoms with van der Waals surface area (Å²) in [5.74, 6) is 0. The van der Waals surface area contributed by atoms with E-state index in [0.717, 1.165) is 0 Å². The van der Waals surface area contributed by atoms with Gasteiger partial charge in [-0.05, 0) is 6.42 Å². The lowest BCUT2D eigenvalue weighted by atomic mass is 10.3. The molecule has 0 radical (unpaired) electrons. The average Bonchev–Trinajstić information content (AvgIpc) is 2.00. The lowest BCUT2D eigenvalue weighted by Gasteiger charge is -2.25. The summed E-state index contributed by atoms with van der Waals surface area (Å²) in [6.45, 7) is 2.17. The zero-order valence-corrected chi connectivity index (χ0v) is 10.3. The Morgan fingerprint density at radius 1 is 1.43 bits per heavy atom. The van der Waals surface area contributed by atoms with Gasteiger partial charge < -0.3 is 14.5 Å². The standard InChI is InChI=1S/C9H21NO3P/c1-8(5-6-11)14(13)9(12)7-10(2,3)4/h8,11,13H,5-7H2,1-4H3/q+1. The van der Waals surface area contributed by atoms with Crippen LogP contribution in [-0.2, 0) is 4.79 Å². The molecular formula is C9H21NO3P+. The number of aliphatic hydroxyl groups excluding tert-OH is 1. The SMILES string of the molecule is CC(CCO)P(O)C(=O)C[N+](C)(C)C. The van der Waals surface area contributed by atoms with E-state index in [9.17, 15) is 9.69 Å². The summed E-state index contributed by atoms with van der Waals surface area (Å²) in [5.41, 5.74) is -0.192. The first-order valence-corrected chi connectivity index (χ1v) is 6.06. The predicted octanol–water partition coefficient (Wildman–Crippen LogP) is 0.379. The van der Waals surface area contributed by atoms with Crippen LogP contribution in [-0.4, -0.2) is 60.0 Å². The fourth-order valence-corrected chi connectivity index (χ4v) is 2.45. The maximum absolute atomic E-state index is 11.6. The first kappa shape index (κ1) is 14.0. The summed E-state index contributed by atoms with van der Waals surface area (Å²) < 4.78 is 0.532. The number of rotatable bonds is 6. The summed E-state index contributed by atoms with van der Waals surface area (Å²) in [7, 11) is 4.16. The van der Waals surface area contributed by atoms with Crippen molar-refractivity contribution in [1.29, 1.82) is 0 Å². The van der Waals surface area contributed by atoms with Crippen molar-refractivity contribution in [3.05, 3.63) is 0 Å². The molecule has 5 heteroatoms. The molecule has 2 atom stereocenters. The first-order chi connectivity index (χ1) is 6.28. The van der Waals surface area contributed by atoms with E-state index in [1.807, 2.05) is 21.1 Å². The highest BCUT2D eigenvalue weighted by atomic mass is 31.1. The first-order valence-electron chi connectivity index (χ1n) is 4.70. The van der Waals surface area contributed by atoms with Gasteiger partial charge in [-0.15, -0.1) is 0 Å². The van der Waals surface area contributed by atoms with E-state index < -0.39 is 8.15 Å². The molecule has 0 heterocycles. The minimum Gasteiger partial charge on any atom is -0.396 e. The molecule has 0 aliphatic carbocycles. The van der Waals surface area contributed by atoms with Crippen molar-refractivity contribution < 1.29 is 19.3 Å². The van der Waals surface area contributed by atoms with Gasteiger partial charge in [-0.1, -0.05) is 6.92 Å². The summed E-state index contributed by atoms with van der Waals surface area (Å²) >= 11 is 0. The highest BCUT2D eigenvalue weighted by Gasteiger charge is 2.26. The molecular weight excluding hydrogens is 201 g/mol. The van der Waals surface area contributed by atoms with E-state index in [4.69, 9.17) is 5.11 Å². The molecule has 0 fully saturated rings. The lowest BCUT2D eigenvalue weighted by molar-refractivity contribution is -0.861. The Morgan fingerprint density at radius 3 is 2.29 bits per heavy atom. The van der Waals surface area contributed by atoms with E-state index in [-0.39, 0.29) is 17.8 Å². The monoisotopic (exact) mass is 222 g/mol. The molecule has 14 heavy (non-hydrogen) atoms. The van der Waals surface area contributed by atoms with Crippen LogP contribution in [0.15, 0.2) is 0 Å². The van der Waals surface area contributed by atoms with Gasteiger partial charge in [0.05, 0.1) is 21.1 Å². The molecule has 0 aliphatic heterocycles. The topological polar surface area (TPSA) is 57.5 Å². The second-order valence-corrected chi connectivity index (χ2v) is 6.62. The number of aliphatic hydroxyl groups is 1. The molecule has 0 bridgehead atoms. The quantitative estimate of drug-likeness (QED) is 0.504. The van der Waals surface area contributed by atoms with Crippen LogP contribution in [0.4, 0.5) is 0 Å². The van der Waals surface area contributed by atoms with Crippen LogP contribution in [0.25, 0.3) is 0 Å². The van der Waals surface area contributed by atoms with E-state index in [1.165, 1.54) is 0 Å². The van der Waals surface area contributed by atoms with Crippen molar-refractivity contribution >= 4 is 13.7 Å². The Hall–Kier alpha value is -0.0200. The van der Waals surface area contributed by atoms with Gasteiger partial charge in [0, 0.05) is 12.3 Å². The molecule has 0 saturated carbocycles. The van der Waals surface area contributed by atoms with Gasteiger partial charge in [-0.3, -0.25) is 4.79 Å². The van der Waals surface area contributed by atoms with Gasteiger partial charge in [0.15, 0.2) is 0 Å². The Bertz CT molecular complexity index is 191. The van der Waals surface area contributed by atoms with Gasteiger partial charge in [-0.25, -0.2) is 0 Å². The van der Waals surface area contributed by atoms with Crippen LogP contribution in [0.2, 0.25) is 0 Å². The second-order valence-electron chi connectivity index (χ2n) is 4.55. The number of nitrogens with zero attached hydrogens (tertiary/aromatic N) is 1. The maximum Gasteiger partial charge on any atom is 0.235 e. The molecule has 0 spiro atoms. The smallest absolute Gasteiger partial charge is 0.235 e. The number of carbonyl (C=O) groups is 1. The van der Waals surface area contributed by atoms with Crippen molar-refractivity contribution in [2.45, 2.75) is 19.0 Å². The average molecular weight is 222 g/mol. The number of hydrogen-bond donors (Lipinski definition) is 2. The van der Waals surface area contributed by atoms with E-state index in [1.54, 1.807) is 6.92 Å². The van der Waals surface area contributed by atoms with Crippen LogP contribution in [0, 0.1) is 0 Å². The van der Waals surface area contributed by atoms with E-state index in [2.05, 4.69) is 0 Å². The third-order valence-corrected chi connectivity index (χ3v) is 3.58. The van der Waals surface area contributed by atoms with E-state index >= 15 is 0 Å². The van der Waals surface area contributed by atoms with E-state index in [0.29, 0.717) is 17.4 Å². The minimum absolute atomic E-state index is 0.0260. The summed E-state index contributed by atoms with van der Waals surface area (Å²) in [4.78, 5) is 21.2. The van der Waals surface area contributed by atoms with Gasteiger partial charge in [0.1, 0.15) is 14.7 Å². The number of quaternary nitrogens is 1. The van der Waals surface area contributed by atoms with Crippen LogP contribution in [0.1, 0.15) is 13.3 Å². The van der Waals surface area contributed by atoms with Crippen molar-refractivity contribution in [3.63, 3.8) is 0 Å². The zero-order chi connectivity index (χ0) is 11.4. The van der Waals surface area contributed by atoms with Crippen molar-refractivity contribution in [3.8, 4) is 0 Å². The predicted molar refractivity (Wildman–Crippen MR) is 58.2 cm³/mol. The Morgan fingerprint density at radius 2 is 1.93 bits per heavy atom. The van der Waals surface area contributed by atoms with Gasteiger partial charge in [0.2, 0.25) is 5.52 Å². The molecule has 0 amide bonds. The highest BCUT2D eigenvalue weighted by molar-refractivity contribution is 7.70. The molecule has 2 N–H and O–H groups in total. The fourth-order valence-electron chi connectivity index (χ4n) is 1.03. The van der Waals surface area contributed by atoms with Crippen LogP contribution >= 0.6 is 8.15 Å². The molecule has 84 valence electrons. The van der Waals surface area contributed by atoms with Crippen molar-refractivity contribution in [2.24, 2.45) is 0 Å². The molecule has 0 aromatic rings. The molecule has 0 aromatic heterocycles. The van der Waals surface area contributed by atoms with Crippen molar-refractivity contribution in [1.82, 2.24) is 0 Å².